The van der Waals surface area contributed by atoms with Crippen LogP contribution in [0.3, 0.4) is 0 Å². The first kappa shape index (κ1) is 30.4. The topological polar surface area (TPSA) is 122 Å². The van der Waals surface area contributed by atoms with Crippen LogP contribution in [0.25, 0.3) is 10.4 Å². The third kappa shape index (κ3) is 6.60. The van der Waals surface area contributed by atoms with E-state index in [1.807, 2.05) is 37.3 Å². The number of carbonyl (C=O) groups is 2. The predicted molar refractivity (Wildman–Crippen MR) is 160 cm³/mol. The number of aliphatic hydroxyl groups excluding tert-OH is 1. The number of hydroxylamine groups is 1. The van der Waals surface area contributed by atoms with Crippen molar-refractivity contribution in [2.75, 3.05) is 25.4 Å². The second-order valence-corrected chi connectivity index (χ2v) is 14.4. The van der Waals surface area contributed by atoms with Gasteiger partial charge in [0.25, 0.3) is 5.91 Å². The maximum absolute atomic E-state index is 14.1. The lowest BCUT2D eigenvalue weighted by atomic mass is 9.97. The smallest absolute Gasteiger partial charge is 0.256 e. The molecular weight excluding hydrogens is 576 g/mol. The number of nitrogens with zero attached hydrogens (tertiary/aromatic N) is 1. The van der Waals surface area contributed by atoms with Gasteiger partial charge in [-0.25, -0.2) is 18.7 Å². The molecule has 2 aliphatic rings. The van der Waals surface area contributed by atoms with E-state index in [2.05, 4.69) is 5.48 Å². The first-order valence-corrected chi connectivity index (χ1v) is 16.6. The number of aryl methyl sites for hydroxylation is 1. The van der Waals surface area contributed by atoms with E-state index in [9.17, 15) is 23.1 Å². The van der Waals surface area contributed by atoms with Crippen molar-refractivity contribution in [1.82, 2.24) is 10.4 Å². The van der Waals surface area contributed by atoms with Crippen molar-refractivity contribution in [3.63, 3.8) is 0 Å². The zero-order chi connectivity index (χ0) is 29.7. The van der Waals surface area contributed by atoms with Gasteiger partial charge >= 0.3 is 0 Å². The quantitative estimate of drug-likeness (QED) is 0.365. The van der Waals surface area contributed by atoms with Crippen LogP contribution in [0.1, 0.15) is 54.2 Å². The molecule has 1 aromatic heterocycles. The lowest BCUT2D eigenvalue weighted by molar-refractivity contribution is -0.200. The third-order valence-electron chi connectivity index (χ3n) is 7.95. The van der Waals surface area contributed by atoms with Gasteiger partial charge in [0.05, 0.1) is 12.2 Å². The summed E-state index contributed by atoms with van der Waals surface area (Å²) in [6, 6.07) is 20.1. The molecule has 2 N–H and O–H groups in total. The average molecular weight is 613 g/mol. The fraction of sp³-hybridized carbons (Fsp3) is 0.419. The molecule has 0 saturated carbocycles. The van der Waals surface area contributed by atoms with Gasteiger partial charge in [0.2, 0.25) is 5.91 Å². The summed E-state index contributed by atoms with van der Waals surface area (Å²) in [4.78, 5) is 34.9. The van der Waals surface area contributed by atoms with Gasteiger partial charge in [-0.2, -0.15) is 0 Å². The molecule has 3 heterocycles. The van der Waals surface area contributed by atoms with Crippen molar-refractivity contribution in [3.05, 3.63) is 82.7 Å². The summed E-state index contributed by atoms with van der Waals surface area (Å²) >= 11 is 1.33. The molecule has 0 bridgehead atoms. The Morgan fingerprint density at radius 2 is 1.86 bits per heavy atom. The number of amides is 2. The average Bonchev–Trinajstić information content (AvgIpc) is 3.46. The van der Waals surface area contributed by atoms with Crippen LogP contribution in [0.15, 0.2) is 66.7 Å². The highest BCUT2D eigenvalue weighted by molar-refractivity contribution is 7.92. The van der Waals surface area contributed by atoms with Gasteiger partial charge < -0.3 is 14.7 Å². The number of hydrogen-bond acceptors (Lipinski definition) is 8. The number of benzene rings is 2. The summed E-state index contributed by atoms with van der Waals surface area (Å²) < 4.78 is 32.2. The summed E-state index contributed by atoms with van der Waals surface area (Å²) in [6.07, 6.45) is 0.0908. The highest BCUT2D eigenvalue weighted by Crippen LogP contribution is 2.45. The maximum Gasteiger partial charge on any atom is 0.256 e. The van der Waals surface area contributed by atoms with Crippen LogP contribution >= 0.6 is 11.3 Å². The number of carbonyl (C=O) groups excluding carboxylic acids is 2. The molecule has 2 amide bonds. The van der Waals surface area contributed by atoms with Crippen LogP contribution in [0.4, 0.5) is 0 Å². The molecule has 0 aliphatic carbocycles. The third-order valence-corrected chi connectivity index (χ3v) is 11.9. The fourth-order valence-corrected chi connectivity index (χ4v) is 9.04. The second-order valence-electron chi connectivity index (χ2n) is 10.8. The molecule has 2 aromatic carbocycles. The van der Waals surface area contributed by atoms with Gasteiger partial charge in [-0.3, -0.25) is 9.59 Å². The largest absolute Gasteiger partial charge is 0.378 e. The van der Waals surface area contributed by atoms with E-state index in [0.717, 1.165) is 28.8 Å². The van der Waals surface area contributed by atoms with Crippen molar-refractivity contribution >= 4 is 33.0 Å². The minimum Gasteiger partial charge on any atom is -0.378 e. The Balaban J connectivity index is 1.43. The molecule has 2 saturated heterocycles. The zero-order valence-electron chi connectivity index (χ0n) is 23.5. The molecule has 2 aliphatic heterocycles. The Morgan fingerprint density at radius 1 is 1.10 bits per heavy atom. The highest BCUT2D eigenvalue weighted by Gasteiger charge is 2.50. The van der Waals surface area contributed by atoms with Crippen molar-refractivity contribution in [3.8, 4) is 10.4 Å². The predicted octanol–water partition coefficient (Wildman–Crippen LogP) is 4.26. The first-order chi connectivity index (χ1) is 20.2. The Kier molecular flexibility index (Phi) is 9.44. The number of thiophene rings is 1. The van der Waals surface area contributed by atoms with Crippen molar-refractivity contribution in [2.24, 2.45) is 0 Å². The van der Waals surface area contributed by atoms with Gasteiger partial charge in [0, 0.05) is 35.9 Å². The Hall–Kier alpha value is -3.09. The van der Waals surface area contributed by atoms with Crippen LogP contribution in [0, 0.1) is 6.92 Å². The van der Waals surface area contributed by atoms with Gasteiger partial charge in [-0.05, 0) is 49.4 Å². The summed E-state index contributed by atoms with van der Waals surface area (Å²) in [7, 11) is -3.96. The second kappa shape index (κ2) is 13.0. The van der Waals surface area contributed by atoms with E-state index >= 15 is 0 Å². The number of nitrogens with one attached hydrogen (secondary N) is 1. The summed E-state index contributed by atoms with van der Waals surface area (Å²) in [5.74, 6) is -1.50. The molecule has 2 unspecified atom stereocenters. The lowest BCUT2D eigenvalue weighted by Crippen LogP contribution is -2.43. The van der Waals surface area contributed by atoms with E-state index < -0.39 is 38.8 Å². The van der Waals surface area contributed by atoms with E-state index in [1.54, 1.807) is 36.4 Å². The number of rotatable bonds is 8. The van der Waals surface area contributed by atoms with Crippen LogP contribution < -0.4 is 5.48 Å². The number of ether oxygens (including phenoxy) is 1. The maximum atomic E-state index is 14.1. The van der Waals surface area contributed by atoms with E-state index in [-0.39, 0.29) is 31.7 Å². The van der Waals surface area contributed by atoms with E-state index in [4.69, 9.17) is 9.57 Å². The molecule has 5 rings (SSSR count). The van der Waals surface area contributed by atoms with Crippen molar-refractivity contribution in [2.45, 2.75) is 56.2 Å². The lowest BCUT2D eigenvalue weighted by Gasteiger charge is -2.31. The van der Waals surface area contributed by atoms with Crippen molar-refractivity contribution < 1.29 is 32.7 Å². The molecule has 11 heteroatoms. The Labute approximate surface area is 250 Å². The molecule has 42 heavy (non-hydrogen) atoms. The molecule has 0 spiro atoms. The molecule has 0 radical (unpaired) electrons. The first-order valence-electron chi connectivity index (χ1n) is 14.2. The van der Waals surface area contributed by atoms with Crippen LogP contribution in [0.5, 0.6) is 0 Å². The Morgan fingerprint density at radius 3 is 2.57 bits per heavy atom. The van der Waals surface area contributed by atoms with Crippen LogP contribution in [-0.2, 0) is 33.7 Å². The molecule has 3 aromatic rings. The van der Waals surface area contributed by atoms with E-state index in [1.165, 1.54) is 16.2 Å². The summed E-state index contributed by atoms with van der Waals surface area (Å²) in [5, 5.41) is 10.8. The minimum atomic E-state index is -3.96. The number of aliphatic hydroxyl groups is 1. The fourth-order valence-electron chi connectivity index (χ4n) is 5.43. The number of hydrogen-bond donors (Lipinski definition) is 2. The van der Waals surface area contributed by atoms with Gasteiger partial charge in [-0.1, -0.05) is 60.2 Å². The van der Waals surface area contributed by atoms with Crippen LogP contribution in [0.2, 0.25) is 0 Å². The molecule has 3 atom stereocenters. The normalized spacial score (nSPS) is 23.1. The summed E-state index contributed by atoms with van der Waals surface area (Å²) in [6.45, 7) is 2.50. The van der Waals surface area contributed by atoms with E-state index in [0.29, 0.717) is 23.5 Å². The van der Waals surface area contributed by atoms with Crippen molar-refractivity contribution in [1.29, 1.82) is 0 Å². The standard InChI is InChI=1S/C31H36N2O7S2/c1-22-10-12-23(13-11-22)25-14-15-26(41-25)31(21-27(34)32-40-28-9-5-6-19-39-28)16-17-33(18-20-42(31,37)38)30(36)29(35)24-7-3-2-4-8-24/h2-4,7-8,10-15,28-29,35H,5-6,9,16-21H2,1H3,(H,32,34)/t28?,29-,31?/m0/s1. The van der Waals surface area contributed by atoms with Crippen LogP contribution in [-0.4, -0.2) is 62.0 Å². The molecule has 2 fully saturated rings. The zero-order valence-corrected chi connectivity index (χ0v) is 25.2. The Bertz CT molecular complexity index is 1480. The minimum absolute atomic E-state index is 0.0101. The SMILES string of the molecule is Cc1ccc(-c2ccc(C3(CC(=O)NOC4CCCCO4)CCN(C(=O)[C@@H](O)c4ccccc4)CCS3(=O)=O)s2)cc1. The summed E-state index contributed by atoms with van der Waals surface area (Å²) in [5.41, 5.74) is 4.92. The van der Waals surface area contributed by atoms with Gasteiger partial charge in [0.15, 0.2) is 22.2 Å². The molecule has 224 valence electrons. The molecule has 9 nitrogen and oxygen atoms in total. The molecular formula is C31H36N2O7S2. The number of sulfone groups is 1. The monoisotopic (exact) mass is 612 g/mol. The van der Waals surface area contributed by atoms with Gasteiger partial charge in [-0.15, -0.1) is 11.3 Å². The van der Waals surface area contributed by atoms with Gasteiger partial charge in [0.1, 0.15) is 4.75 Å². The highest BCUT2D eigenvalue weighted by atomic mass is 32.2.